The zero-order valence-corrected chi connectivity index (χ0v) is 14.2. The first-order valence-electron chi connectivity index (χ1n) is 6.76. The average molecular weight is 365 g/mol. The number of imidazole rings is 1. The van der Waals surface area contributed by atoms with E-state index in [1.54, 1.807) is 0 Å². The molecule has 0 aliphatic rings. The van der Waals surface area contributed by atoms with Crippen molar-refractivity contribution in [3.63, 3.8) is 0 Å². The Morgan fingerprint density at radius 3 is 2.71 bits per heavy atom. The van der Waals surface area contributed by atoms with E-state index in [1.165, 1.54) is 5.56 Å². The van der Waals surface area contributed by atoms with Crippen LogP contribution in [0.4, 0.5) is 0 Å². The third-order valence-electron chi connectivity index (χ3n) is 3.37. The monoisotopic (exact) mass is 363 g/mol. The van der Waals surface area contributed by atoms with Gasteiger partial charge in [-0.15, -0.1) is 11.6 Å². The summed E-state index contributed by atoms with van der Waals surface area (Å²) in [6, 6.07) is 8.32. The lowest BCUT2D eigenvalue weighted by Crippen LogP contribution is -2.04. The lowest BCUT2D eigenvalue weighted by atomic mass is 10.2. The maximum absolute atomic E-state index is 5.93. The molecule has 3 rings (SSSR count). The molecule has 3 nitrogen and oxygen atoms in total. The molecule has 0 fully saturated rings. The molecule has 108 valence electrons. The van der Waals surface area contributed by atoms with E-state index >= 15 is 0 Å². The van der Waals surface area contributed by atoms with Crippen LogP contribution in [0.25, 0.3) is 16.9 Å². The molecule has 3 aromatic rings. The van der Waals surface area contributed by atoms with Gasteiger partial charge in [-0.05, 0) is 59.1 Å². The molecule has 0 atom stereocenters. The largest absolute Gasteiger partial charge is 0.280 e. The van der Waals surface area contributed by atoms with Crippen LogP contribution in [0.5, 0.6) is 0 Å². The molecule has 0 amide bonds. The second-order valence-electron chi connectivity index (χ2n) is 5.11. The van der Waals surface area contributed by atoms with Gasteiger partial charge in [-0.25, -0.2) is 9.97 Å². The van der Waals surface area contributed by atoms with Gasteiger partial charge in [0.2, 0.25) is 0 Å². The van der Waals surface area contributed by atoms with Crippen molar-refractivity contribution >= 4 is 38.7 Å². The van der Waals surface area contributed by atoms with E-state index in [4.69, 9.17) is 16.6 Å². The number of fused-ring (bicyclic) bond motifs is 1. The highest BCUT2D eigenvalue weighted by Crippen LogP contribution is 2.27. The molecule has 5 heteroatoms. The van der Waals surface area contributed by atoms with Gasteiger partial charge in [0.1, 0.15) is 11.3 Å². The summed E-state index contributed by atoms with van der Waals surface area (Å²) < 4.78 is 3.11. The minimum atomic E-state index is 0.534. The standard InChI is InChI=1S/C16H15BrClN3/c1-10-3-4-14(12(17)7-10)21-15(5-6-18)20-13-8-11(2)9-19-16(13)21/h3-4,7-9H,5-6H2,1-2H3. The second kappa shape index (κ2) is 5.78. The predicted octanol–water partition coefficient (Wildman–Crippen LogP) is 4.58. The third-order valence-corrected chi connectivity index (χ3v) is 4.19. The summed E-state index contributed by atoms with van der Waals surface area (Å²) in [5.74, 6) is 1.47. The van der Waals surface area contributed by atoms with Crippen LogP contribution in [0.1, 0.15) is 17.0 Å². The number of hydrogen-bond acceptors (Lipinski definition) is 2. The average Bonchev–Trinajstić information content (AvgIpc) is 2.76. The molecule has 21 heavy (non-hydrogen) atoms. The summed E-state index contributed by atoms with van der Waals surface area (Å²) in [5.41, 5.74) is 5.12. The topological polar surface area (TPSA) is 30.7 Å². The zero-order valence-electron chi connectivity index (χ0n) is 11.9. The van der Waals surface area contributed by atoms with Gasteiger partial charge in [0.05, 0.1) is 5.69 Å². The predicted molar refractivity (Wildman–Crippen MR) is 90.5 cm³/mol. The van der Waals surface area contributed by atoms with E-state index in [-0.39, 0.29) is 0 Å². The van der Waals surface area contributed by atoms with Crippen molar-refractivity contribution in [3.8, 4) is 5.69 Å². The molecule has 1 aromatic carbocycles. The molecule has 0 aliphatic carbocycles. The Balaban J connectivity index is 2.30. The fourth-order valence-corrected chi connectivity index (χ4v) is 3.25. The number of halogens is 2. The van der Waals surface area contributed by atoms with Gasteiger partial charge in [0.15, 0.2) is 5.65 Å². The van der Waals surface area contributed by atoms with Gasteiger partial charge in [-0.2, -0.15) is 0 Å². The van der Waals surface area contributed by atoms with Crippen molar-refractivity contribution in [3.05, 3.63) is 51.9 Å². The van der Waals surface area contributed by atoms with Gasteiger partial charge >= 0.3 is 0 Å². The molecular formula is C16H15BrClN3. The zero-order chi connectivity index (χ0) is 15.0. The van der Waals surface area contributed by atoms with Crippen LogP contribution >= 0.6 is 27.5 Å². The van der Waals surface area contributed by atoms with Crippen molar-refractivity contribution in [2.45, 2.75) is 20.3 Å². The first kappa shape index (κ1) is 14.5. The Morgan fingerprint density at radius 2 is 2.00 bits per heavy atom. The normalized spacial score (nSPS) is 11.2. The Bertz CT molecular complexity index is 811. The van der Waals surface area contributed by atoms with Gasteiger partial charge < -0.3 is 0 Å². The van der Waals surface area contributed by atoms with Crippen LogP contribution < -0.4 is 0 Å². The van der Waals surface area contributed by atoms with E-state index in [1.807, 2.05) is 13.1 Å². The highest BCUT2D eigenvalue weighted by Gasteiger charge is 2.15. The van der Waals surface area contributed by atoms with E-state index < -0.39 is 0 Å². The first-order valence-corrected chi connectivity index (χ1v) is 8.09. The lowest BCUT2D eigenvalue weighted by Gasteiger charge is -2.11. The molecule has 0 radical (unpaired) electrons. The second-order valence-corrected chi connectivity index (χ2v) is 6.34. The molecule has 0 saturated heterocycles. The van der Waals surface area contributed by atoms with Crippen molar-refractivity contribution in [2.75, 3.05) is 5.88 Å². The number of aromatic nitrogens is 3. The molecular weight excluding hydrogens is 350 g/mol. The van der Waals surface area contributed by atoms with Crippen molar-refractivity contribution in [1.29, 1.82) is 0 Å². The van der Waals surface area contributed by atoms with Crippen molar-refractivity contribution < 1.29 is 0 Å². The molecule has 0 aliphatic heterocycles. The summed E-state index contributed by atoms with van der Waals surface area (Å²) in [7, 11) is 0. The molecule has 2 heterocycles. The van der Waals surface area contributed by atoms with E-state index in [9.17, 15) is 0 Å². The van der Waals surface area contributed by atoms with Crippen molar-refractivity contribution in [1.82, 2.24) is 14.5 Å². The lowest BCUT2D eigenvalue weighted by molar-refractivity contribution is 0.902. The van der Waals surface area contributed by atoms with Gasteiger partial charge in [0, 0.05) is 23.0 Å². The summed E-state index contributed by atoms with van der Waals surface area (Å²) in [6.07, 6.45) is 2.57. The molecule has 0 N–H and O–H groups in total. The minimum Gasteiger partial charge on any atom is -0.280 e. The molecule has 0 bridgehead atoms. The molecule has 0 unspecified atom stereocenters. The van der Waals surface area contributed by atoms with Crippen LogP contribution in [-0.4, -0.2) is 20.4 Å². The maximum atomic E-state index is 5.93. The number of rotatable bonds is 3. The van der Waals surface area contributed by atoms with Crippen LogP contribution in [0.15, 0.2) is 34.9 Å². The van der Waals surface area contributed by atoms with E-state index in [0.29, 0.717) is 12.3 Å². The highest BCUT2D eigenvalue weighted by molar-refractivity contribution is 9.10. The van der Waals surface area contributed by atoms with Crippen LogP contribution in [0.3, 0.4) is 0 Å². The summed E-state index contributed by atoms with van der Waals surface area (Å²) in [5, 5.41) is 0. The fourth-order valence-electron chi connectivity index (χ4n) is 2.41. The Labute approximate surface area is 137 Å². The smallest absolute Gasteiger partial charge is 0.164 e. The first-order chi connectivity index (χ1) is 10.1. The fraction of sp³-hybridized carbons (Fsp3) is 0.250. The molecule has 0 spiro atoms. The van der Waals surface area contributed by atoms with Crippen molar-refractivity contribution in [2.24, 2.45) is 0 Å². The number of nitrogens with zero attached hydrogens (tertiary/aromatic N) is 3. The van der Waals surface area contributed by atoms with Gasteiger partial charge in [-0.3, -0.25) is 4.57 Å². The number of benzene rings is 1. The van der Waals surface area contributed by atoms with Crippen LogP contribution in [0.2, 0.25) is 0 Å². The number of hydrogen-bond donors (Lipinski definition) is 0. The van der Waals surface area contributed by atoms with Gasteiger partial charge in [0.25, 0.3) is 0 Å². The number of aryl methyl sites for hydroxylation is 3. The van der Waals surface area contributed by atoms with Crippen LogP contribution in [-0.2, 0) is 6.42 Å². The SMILES string of the molecule is Cc1ccc(-n2c(CCCl)nc3cc(C)cnc32)c(Br)c1. The summed E-state index contributed by atoms with van der Waals surface area (Å²) in [6.45, 7) is 4.09. The Hall–Kier alpha value is -1.39. The Kier molecular flexibility index (Phi) is 4.00. The molecule has 2 aromatic heterocycles. The number of pyridine rings is 1. The van der Waals surface area contributed by atoms with E-state index in [2.05, 4.69) is 56.7 Å². The third kappa shape index (κ3) is 2.70. The van der Waals surface area contributed by atoms with E-state index in [0.717, 1.165) is 32.7 Å². The highest BCUT2D eigenvalue weighted by atomic mass is 79.9. The molecule has 0 saturated carbocycles. The number of alkyl halides is 1. The van der Waals surface area contributed by atoms with Gasteiger partial charge in [-0.1, -0.05) is 6.07 Å². The summed E-state index contributed by atoms with van der Waals surface area (Å²) in [4.78, 5) is 9.26. The summed E-state index contributed by atoms with van der Waals surface area (Å²) >= 11 is 9.58. The Morgan fingerprint density at radius 1 is 1.19 bits per heavy atom. The van der Waals surface area contributed by atoms with Crippen LogP contribution in [0, 0.1) is 13.8 Å². The minimum absolute atomic E-state index is 0.534. The quantitative estimate of drug-likeness (QED) is 0.637. The maximum Gasteiger partial charge on any atom is 0.164 e.